The van der Waals surface area contributed by atoms with Gasteiger partial charge in [0.05, 0.1) is 5.54 Å². The van der Waals surface area contributed by atoms with E-state index in [9.17, 15) is 4.79 Å². The zero-order valence-corrected chi connectivity index (χ0v) is 10.7. The van der Waals surface area contributed by atoms with Crippen LogP contribution in [-0.2, 0) is 4.79 Å². The molecule has 0 spiro atoms. The molecule has 1 fully saturated rings. The first-order valence-electron chi connectivity index (χ1n) is 6.68. The molecule has 16 heavy (non-hydrogen) atoms. The molecule has 0 aromatic heterocycles. The molecule has 94 valence electrons. The molecule has 1 rings (SSSR count). The molecular weight excluding hydrogens is 200 g/mol. The molecule has 1 amide bonds. The quantitative estimate of drug-likeness (QED) is 0.773. The normalized spacial score (nSPS) is 23.1. The summed E-state index contributed by atoms with van der Waals surface area (Å²) < 4.78 is 0. The number of nitrogens with one attached hydrogen (secondary N) is 1. The van der Waals surface area contributed by atoms with Gasteiger partial charge in [-0.2, -0.15) is 0 Å². The molecular formula is C13H26N2O. The molecule has 3 N–H and O–H groups in total. The Morgan fingerprint density at radius 2 is 1.75 bits per heavy atom. The second-order valence-electron chi connectivity index (χ2n) is 5.17. The van der Waals surface area contributed by atoms with Gasteiger partial charge in [0.1, 0.15) is 0 Å². The van der Waals surface area contributed by atoms with Gasteiger partial charge in [0.15, 0.2) is 0 Å². The smallest absolute Gasteiger partial charge is 0.237 e. The molecule has 0 saturated heterocycles. The molecule has 1 atom stereocenters. The van der Waals surface area contributed by atoms with Crippen molar-refractivity contribution in [2.75, 3.05) is 0 Å². The maximum atomic E-state index is 11.8. The first-order valence-corrected chi connectivity index (χ1v) is 6.68. The minimum Gasteiger partial charge on any atom is -0.368 e. The van der Waals surface area contributed by atoms with E-state index < -0.39 is 5.54 Å². The van der Waals surface area contributed by atoms with Crippen LogP contribution < -0.4 is 11.1 Å². The topological polar surface area (TPSA) is 55.1 Å². The van der Waals surface area contributed by atoms with Crippen LogP contribution in [0.4, 0.5) is 0 Å². The van der Waals surface area contributed by atoms with Crippen LogP contribution in [0.3, 0.4) is 0 Å². The lowest BCUT2D eigenvalue weighted by Gasteiger charge is -2.36. The van der Waals surface area contributed by atoms with Crippen LogP contribution in [-0.4, -0.2) is 17.5 Å². The Morgan fingerprint density at radius 3 is 2.19 bits per heavy atom. The van der Waals surface area contributed by atoms with Crippen LogP contribution in [0.15, 0.2) is 0 Å². The Kier molecular flexibility index (Phi) is 5.26. The highest BCUT2D eigenvalue weighted by atomic mass is 16.1. The van der Waals surface area contributed by atoms with Gasteiger partial charge in [-0.15, -0.1) is 0 Å². The lowest BCUT2D eigenvalue weighted by molar-refractivity contribution is -0.125. The molecule has 3 nitrogen and oxygen atoms in total. The number of nitrogens with two attached hydrogens (primary N) is 1. The van der Waals surface area contributed by atoms with Crippen LogP contribution in [0, 0.1) is 0 Å². The van der Waals surface area contributed by atoms with Gasteiger partial charge in [0.2, 0.25) is 5.91 Å². The SMILES string of the molecule is CCC(C)NC1(C(N)=O)CCCCCCC1. The molecule has 0 radical (unpaired) electrons. The van der Waals surface area contributed by atoms with E-state index >= 15 is 0 Å². The number of carbonyl (C=O) groups excluding carboxylic acids is 1. The van der Waals surface area contributed by atoms with Gasteiger partial charge in [-0.3, -0.25) is 4.79 Å². The third kappa shape index (κ3) is 3.48. The van der Waals surface area contributed by atoms with E-state index in [4.69, 9.17) is 5.73 Å². The van der Waals surface area contributed by atoms with E-state index in [2.05, 4.69) is 19.2 Å². The maximum absolute atomic E-state index is 11.8. The molecule has 1 aliphatic rings. The molecule has 1 aliphatic carbocycles. The van der Waals surface area contributed by atoms with E-state index in [-0.39, 0.29) is 5.91 Å². The third-order valence-electron chi connectivity index (χ3n) is 3.81. The molecule has 3 heteroatoms. The van der Waals surface area contributed by atoms with Gasteiger partial charge in [0, 0.05) is 6.04 Å². The van der Waals surface area contributed by atoms with Crippen molar-refractivity contribution in [3.8, 4) is 0 Å². The summed E-state index contributed by atoms with van der Waals surface area (Å²) in [6.45, 7) is 4.26. The molecule has 0 aliphatic heterocycles. The molecule has 0 aromatic rings. The third-order valence-corrected chi connectivity index (χ3v) is 3.81. The second kappa shape index (κ2) is 6.24. The predicted octanol–water partition coefficient (Wildman–Crippen LogP) is 2.34. The van der Waals surface area contributed by atoms with E-state index in [1.807, 2.05) is 0 Å². The number of carbonyl (C=O) groups is 1. The Morgan fingerprint density at radius 1 is 1.25 bits per heavy atom. The molecule has 0 aromatic carbocycles. The fourth-order valence-electron chi connectivity index (χ4n) is 2.54. The van der Waals surface area contributed by atoms with Crippen molar-refractivity contribution in [2.45, 2.75) is 76.8 Å². The van der Waals surface area contributed by atoms with Crippen LogP contribution in [0.25, 0.3) is 0 Å². The van der Waals surface area contributed by atoms with E-state index in [1.165, 1.54) is 19.3 Å². The summed E-state index contributed by atoms with van der Waals surface area (Å²) in [7, 11) is 0. The van der Waals surface area contributed by atoms with E-state index in [1.54, 1.807) is 0 Å². The van der Waals surface area contributed by atoms with Crippen LogP contribution in [0.1, 0.15) is 65.2 Å². The molecule has 0 heterocycles. The Bertz CT molecular complexity index is 220. The van der Waals surface area contributed by atoms with Gasteiger partial charge in [-0.05, 0) is 26.2 Å². The monoisotopic (exact) mass is 226 g/mol. The summed E-state index contributed by atoms with van der Waals surface area (Å²) in [6, 6.07) is 0.368. The summed E-state index contributed by atoms with van der Waals surface area (Å²) in [5.41, 5.74) is 5.19. The second-order valence-corrected chi connectivity index (χ2v) is 5.17. The Labute approximate surface area is 99.2 Å². The fraction of sp³-hybridized carbons (Fsp3) is 0.923. The standard InChI is InChI=1S/C13H26N2O/c1-3-11(2)15-13(12(14)16)9-7-5-4-6-8-10-13/h11,15H,3-10H2,1-2H3,(H2,14,16). The molecule has 0 bridgehead atoms. The number of hydrogen-bond donors (Lipinski definition) is 2. The molecule has 1 saturated carbocycles. The highest BCUT2D eigenvalue weighted by Gasteiger charge is 2.36. The highest BCUT2D eigenvalue weighted by Crippen LogP contribution is 2.27. The van der Waals surface area contributed by atoms with E-state index in [0.717, 1.165) is 32.1 Å². The minimum atomic E-state index is -0.435. The zero-order chi connectivity index (χ0) is 12.0. The summed E-state index contributed by atoms with van der Waals surface area (Å²) in [6.07, 6.45) is 8.86. The summed E-state index contributed by atoms with van der Waals surface area (Å²) in [5.74, 6) is -0.158. The fourth-order valence-corrected chi connectivity index (χ4v) is 2.54. The van der Waals surface area contributed by atoms with Crippen molar-refractivity contribution in [1.29, 1.82) is 0 Å². The van der Waals surface area contributed by atoms with Crippen LogP contribution >= 0.6 is 0 Å². The van der Waals surface area contributed by atoms with Gasteiger partial charge in [-0.25, -0.2) is 0 Å². The van der Waals surface area contributed by atoms with Crippen LogP contribution in [0.5, 0.6) is 0 Å². The van der Waals surface area contributed by atoms with Gasteiger partial charge >= 0.3 is 0 Å². The summed E-state index contributed by atoms with van der Waals surface area (Å²) in [5, 5.41) is 3.47. The van der Waals surface area contributed by atoms with Crippen molar-refractivity contribution >= 4 is 5.91 Å². The Hall–Kier alpha value is -0.570. The van der Waals surface area contributed by atoms with Gasteiger partial charge in [-0.1, -0.05) is 39.0 Å². The average Bonchev–Trinajstić information content (AvgIpc) is 2.21. The maximum Gasteiger partial charge on any atom is 0.237 e. The molecule has 1 unspecified atom stereocenters. The van der Waals surface area contributed by atoms with E-state index in [0.29, 0.717) is 6.04 Å². The zero-order valence-electron chi connectivity index (χ0n) is 10.7. The van der Waals surface area contributed by atoms with Crippen molar-refractivity contribution in [3.63, 3.8) is 0 Å². The van der Waals surface area contributed by atoms with Crippen LogP contribution in [0.2, 0.25) is 0 Å². The summed E-state index contributed by atoms with van der Waals surface area (Å²) in [4.78, 5) is 11.8. The number of primary amides is 1. The van der Waals surface area contributed by atoms with Gasteiger partial charge < -0.3 is 11.1 Å². The Balaban J connectivity index is 2.71. The van der Waals surface area contributed by atoms with Crippen molar-refractivity contribution in [3.05, 3.63) is 0 Å². The lowest BCUT2D eigenvalue weighted by Crippen LogP contribution is -2.58. The first-order chi connectivity index (χ1) is 7.60. The van der Waals surface area contributed by atoms with Crippen molar-refractivity contribution < 1.29 is 4.79 Å². The largest absolute Gasteiger partial charge is 0.368 e. The predicted molar refractivity (Wildman–Crippen MR) is 67.1 cm³/mol. The minimum absolute atomic E-state index is 0.158. The lowest BCUT2D eigenvalue weighted by atomic mass is 9.82. The van der Waals surface area contributed by atoms with Gasteiger partial charge in [0.25, 0.3) is 0 Å². The summed E-state index contributed by atoms with van der Waals surface area (Å²) >= 11 is 0. The first kappa shape index (κ1) is 13.5. The van der Waals surface area contributed by atoms with Crippen molar-refractivity contribution in [1.82, 2.24) is 5.32 Å². The van der Waals surface area contributed by atoms with Crippen molar-refractivity contribution in [2.24, 2.45) is 5.73 Å². The number of amides is 1. The highest BCUT2D eigenvalue weighted by molar-refractivity contribution is 5.84. The number of hydrogen-bond acceptors (Lipinski definition) is 2. The number of rotatable bonds is 4. The average molecular weight is 226 g/mol.